The van der Waals surface area contributed by atoms with E-state index in [1.165, 1.54) is 5.56 Å². The fourth-order valence-corrected chi connectivity index (χ4v) is 8.95. The van der Waals surface area contributed by atoms with Gasteiger partial charge in [-0.2, -0.15) is 0 Å². The fourth-order valence-electron chi connectivity index (χ4n) is 8.95. The van der Waals surface area contributed by atoms with Crippen molar-refractivity contribution in [2.24, 2.45) is 0 Å². The van der Waals surface area contributed by atoms with Crippen LogP contribution in [0.2, 0.25) is 0 Å². The Morgan fingerprint density at radius 3 is 1.59 bits per heavy atom. The number of carbonyl (C=O) groups is 2. The Balaban J connectivity index is 0.878. The predicted octanol–water partition coefficient (Wildman–Crippen LogP) is 9.15. The molecule has 2 aromatic heterocycles. The van der Waals surface area contributed by atoms with Gasteiger partial charge < -0.3 is 24.7 Å². The second kappa shape index (κ2) is 16.2. The van der Waals surface area contributed by atoms with Crippen molar-refractivity contribution < 1.29 is 9.59 Å². The molecule has 4 atom stereocenters. The van der Waals surface area contributed by atoms with Gasteiger partial charge in [-0.3, -0.25) is 14.5 Å². The van der Waals surface area contributed by atoms with E-state index in [1.807, 2.05) is 91.2 Å². The first-order valence-electron chi connectivity index (χ1n) is 20.9. The minimum Gasteiger partial charge on any atom is -0.363 e. The topological polar surface area (TPSA) is 104 Å². The number of aromatic amines is 2. The van der Waals surface area contributed by atoms with Gasteiger partial charge in [-0.05, 0) is 111 Å². The third-order valence-corrected chi connectivity index (χ3v) is 12.7. The number of fused-ring (bicyclic) bond motifs is 2. The second-order valence-electron chi connectivity index (χ2n) is 16.4. The molecule has 10 nitrogen and oxygen atoms in total. The van der Waals surface area contributed by atoms with E-state index in [0.29, 0.717) is 0 Å². The lowest BCUT2D eigenvalue weighted by atomic mass is 10.00. The van der Waals surface area contributed by atoms with Crippen LogP contribution in [0.3, 0.4) is 0 Å². The van der Waals surface area contributed by atoms with E-state index in [9.17, 15) is 9.59 Å². The number of H-pyrrole nitrogens is 2. The maximum Gasteiger partial charge on any atom is 0.245 e. The number of nitrogens with zero attached hydrogens (tertiary/aromatic N) is 6. The van der Waals surface area contributed by atoms with Crippen molar-refractivity contribution in [3.05, 3.63) is 139 Å². The molecule has 7 aromatic rings. The Bertz CT molecular complexity index is 2580. The molecule has 300 valence electrons. The van der Waals surface area contributed by atoms with Crippen molar-refractivity contribution in [3.63, 3.8) is 0 Å². The molecule has 4 heterocycles. The number of amides is 2. The summed E-state index contributed by atoms with van der Waals surface area (Å²) < 4.78 is 0. The number of hydrogen-bond donors (Lipinski definition) is 2. The van der Waals surface area contributed by atoms with E-state index < -0.39 is 0 Å². The van der Waals surface area contributed by atoms with Crippen LogP contribution in [-0.4, -0.2) is 85.7 Å². The molecule has 5 aromatic carbocycles. The van der Waals surface area contributed by atoms with Gasteiger partial charge in [-0.15, -0.1) is 0 Å². The number of carbonyl (C=O) groups excluding carboxylic acids is 2. The largest absolute Gasteiger partial charge is 0.363 e. The van der Waals surface area contributed by atoms with E-state index in [2.05, 4.69) is 87.7 Å². The number of imidazole rings is 2. The van der Waals surface area contributed by atoms with Crippen molar-refractivity contribution in [2.45, 2.75) is 70.2 Å². The number of likely N-dealkylation sites (N-methyl/N-ethyl adjacent to an activating group) is 2. The van der Waals surface area contributed by atoms with Crippen LogP contribution in [0.5, 0.6) is 0 Å². The summed E-state index contributed by atoms with van der Waals surface area (Å²) in [5, 5.41) is 0. The molecular weight excluding hydrogens is 733 g/mol. The highest BCUT2D eigenvalue weighted by Gasteiger charge is 2.37. The lowest BCUT2D eigenvalue weighted by Crippen LogP contribution is -2.45. The van der Waals surface area contributed by atoms with Crippen molar-refractivity contribution in [2.75, 3.05) is 32.1 Å². The van der Waals surface area contributed by atoms with E-state index in [-0.39, 0.29) is 36.0 Å². The van der Waals surface area contributed by atoms with Crippen LogP contribution in [-0.2, 0) is 16.1 Å². The smallest absolute Gasteiger partial charge is 0.245 e. The van der Waals surface area contributed by atoms with Gasteiger partial charge in [-0.1, -0.05) is 84.9 Å². The van der Waals surface area contributed by atoms with Crippen LogP contribution < -0.4 is 4.90 Å². The van der Waals surface area contributed by atoms with Gasteiger partial charge in [0.2, 0.25) is 11.8 Å². The summed E-state index contributed by atoms with van der Waals surface area (Å²) >= 11 is 0. The molecule has 2 N–H and O–H groups in total. The van der Waals surface area contributed by atoms with Crippen LogP contribution in [0.15, 0.2) is 121 Å². The lowest BCUT2D eigenvalue weighted by molar-refractivity contribution is -0.137. The highest BCUT2D eigenvalue weighted by molar-refractivity contribution is 5.87. The SMILES string of the molecule is CC(C(=O)N1CCC[C@@H]1c1nc2ccc(-c3ccc(-c4ccc5nc([C@H]6CCCN6C(=O)C(C)N(C)c6ccccc6)[nH]c5c4)cc3)cc2[nH]1)N(C)Cc1ccccc1. The van der Waals surface area contributed by atoms with Crippen molar-refractivity contribution >= 4 is 39.6 Å². The molecule has 2 saturated heterocycles. The Hall–Kier alpha value is -6.26. The van der Waals surface area contributed by atoms with Crippen LogP contribution in [0.25, 0.3) is 44.3 Å². The van der Waals surface area contributed by atoms with Gasteiger partial charge in [0.1, 0.15) is 17.7 Å². The molecule has 2 amide bonds. The second-order valence-corrected chi connectivity index (χ2v) is 16.4. The molecular formula is C49H52N8O2. The molecule has 0 aliphatic carbocycles. The molecule has 0 radical (unpaired) electrons. The molecule has 2 aliphatic rings. The molecule has 59 heavy (non-hydrogen) atoms. The molecule has 2 fully saturated rings. The van der Waals surface area contributed by atoms with Gasteiger partial charge in [0, 0.05) is 32.4 Å². The number of rotatable bonds is 11. The summed E-state index contributed by atoms with van der Waals surface area (Å²) in [7, 11) is 4.00. The van der Waals surface area contributed by atoms with E-state index in [1.54, 1.807) is 0 Å². The highest BCUT2D eigenvalue weighted by atomic mass is 16.2. The number of anilines is 1. The van der Waals surface area contributed by atoms with Crippen LogP contribution in [0.1, 0.15) is 68.8 Å². The quantitative estimate of drug-likeness (QED) is 0.136. The van der Waals surface area contributed by atoms with Crippen LogP contribution in [0.4, 0.5) is 5.69 Å². The molecule has 10 heteroatoms. The van der Waals surface area contributed by atoms with E-state index in [0.717, 1.165) is 107 Å². The number of likely N-dealkylation sites (tertiary alicyclic amines) is 2. The van der Waals surface area contributed by atoms with Crippen molar-refractivity contribution in [1.29, 1.82) is 0 Å². The number of para-hydroxylation sites is 1. The Kier molecular flexibility index (Phi) is 10.5. The Labute approximate surface area is 345 Å². The van der Waals surface area contributed by atoms with Crippen LogP contribution in [0, 0.1) is 0 Å². The van der Waals surface area contributed by atoms with Crippen molar-refractivity contribution in [1.82, 2.24) is 34.6 Å². The zero-order chi connectivity index (χ0) is 40.6. The summed E-state index contributed by atoms with van der Waals surface area (Å²) in [6.45, 7) is 6.18. The minimum atomic E-state index is -0.289. The number of hydrogen-bond acceptors (Lipinski definition) is 6. The van der Waals surface area contributed by atoms with E-state index >= 15 is 0 Å². The summed E-state index contributed by atoms with van der Waals surface area (Å²) in [6, 6.07) is 41.0. The van der Waals surface area contributed by atoms with Gasteiger partial charge in [-0.25, -0.2) is 9.97 Å². The zero-order valence-corrected chi connectivity index (χ0v) is 34.3. The monoisotopic (exact) mass is 784 g/mol. The number of aromatic nitrogens is 4. The summed E-state index contributed by atoms with van der Waals surface area (Å²) in [6.07, 6.45) is 3.70. The van der Waals surface area contributed by atoms with Crippen LogP contribution >= 0.6 is 0 Å². The van der Waals surface area contributed by atoms with Gasteiger partial charge in [0.25, 0.3) is 0 Å². The maximum absolute atomic E-state index is 13.8. The Morgan fingerprint density at radius 1 is 0.627 bits per heavy atom. The molecule has 0 spiro atoms. The standard InChI is InChI=1S/C49H52N8O2/c1-32(54(3)31-34-13-7-5-8-14-34)48(58)56-27-11-17-44(56)46-50-40-25-23-37(29-42(40)52-46)35-19-21-36(22-20-35)38-24-26-41-43(30-38)53-47(51-41)45-18-12-28-57(45)49(59)33(2)55(4)39-15-9-6-10-16-39/h5-10,13-16,19-26,29-30,32-33,44-45H,11-12,17-18,27-28,31H2,1-4H3,(H,50,52)(H,51,53)/t32?,33?,44-,45-/m1/s1. The molecule has 0 saturated carbocycles. The lowest BCUT2D eigenvalue weighted by Gasteiger charge is -2.32. The van der Waals surface area contributed by atoms with Gasteiger partial charge >= 0.3 is 0 Å². The molecule has 0 bridgehead atoms. The molecule has 2 aliphatic heterocycles. The average Bonchev–Trinajstić information content (AvgIpc) is 4.11. The summed E-state index contributed by atoms with van der Waals surface area (Å²) in [4.78, 5) is 52.9. The normalized spacial score (nSPS) is 17.9. The average molecular weight is 785 g/mol. The zero-order valence-electron chi connectivity index (χ0n) is 34.3. The highest BCUT2D eigenvalue weighted by Crippen LogP contribution is 2.36. The first-order chi connectivity index (χ1) is 28.7. The predicted molar refractivity (Wildman–Crippen MR) is 236 cm³/mol. The van der Waals surface area contributed by atoms with Crippen molar-refractivity contribution in [3.8, 4) is 22.3 Å². The van der Waals surface area contributed by atoms with E-state index in [4.69, 9.17) is 9.97 Å². The third kappa shape index (κ3) is 7.60. The third-order valence-electron chi connectivity index (χ3n) is 12.7. The summed E-state index contributed by atoms with van der Waals surface area (Å²) in [5.41, 5.74) is 10.4. The summed E-state index contributed by atoms with van der Waals surface area (Å²) in [5.74, 6) is 1.96. The maximum atomic E-state index is 13.8. The number of nitrogens with one attached hydrogen (secondary N) is 2. The molecule has 2 unspecified atom stereocenters. The molecule has 9 rings (SSSR count). The fraction of sp³-hybridized carbons (Fsp3) is 0.306. The first-order valence-corrected chi connectivity index (χ1v) is 20.9. The van der Waals surface area contributed by atoms with Gasteiger partial charge in [0.05, 0.1) is 40.2 Å². The number of benzene rings is 5. The minimum absolute atomic E-state index is 0.0660. The Morgan fingerprint density at radius 2 is 1.08 bits per heavy atom. The van der Waals surface area contributed by atoms with Gasteiger partial charge in [0.15, 0.2) is 0 Å². The first kappa shape index (κ1) is 38.3.